The molecule has 0 saturated heterocycles. The molecule has 0 spiro atoms. The van der Waals surface area contributed by atoms with E-state index < -0.39 is 0 Å². The van der Waals surface area contributed by atoms with Crippen molar-refractivity contribution in [3.05, 3.63) is 34.5 Å². The van der Waals surface area contributed by atoms with Gasteiger partial charge in [-0.15, -0.1) is 0 Å². The molecular formula is C17H21N5. The summed E-state index contributed by atoms with van der Waals surface area (Å²) in [5.41, 5.74) is 8.19. The Bertz CT molecular complexity index is 803. The summed E-state index contributed by atoms with van der Waals surface area (Å²) in [6.07, 6.45) is 1.03. The summed E-state index contributed by atoms with van der Waals surface area (Å²) in [7, 11) is 0. The van der Waals surface area contributed by atoms with Crippen LogP contribution in [0.3, 0.4) is 0 Å². The van der Waals surface area contributed by atoms with E-state index in [9.17, 15) is 0 Å². The van der Waals surface area contributed by atoms with E-state index in [4.69, 9.17) is 4.98 Å². The Balaban J connectivity index is 1.78. The molecule has 1 aromatic carbocycles. The van der Waals surface area contributed by atoms with Gasteiger partial charge in [0.05, 0.1) is 16.7 Å². The molecule has 0 radical (unpaired) electrons. The Kier molecular flexibility index (Phi) is 3.04. The largest absolute Gasteiger partial charge is 0.337 e. The third-order valence-electron chi connectivity index (χ3n) is 4.78. The van der Waals surface area contributed by atoms with E-state index in [1.54, 1.807) is 0 Å². The highest BCUT2D eigenvalue weighted by molar-refractivity contribution is 5.81. The van der Waals surface area contributed by atoms with Crippen molar-refractivity contribution in [1.29, 1.82) is 0 Å². The molecule has 0 bridgehead atoms. The van der Waals surface area contributed by atoms with Crippen LogP contribution in [0.2, 0.25) is 0 Å². The number of benzene rings is 1. The third kappa shape index (κ3) is 2.04. The monoisotopic (exact) mass is 295 g/mol. The Morgan fingerprint density at radius 1 is 1.23 bits per heavy atom. The first kappa shape index (κ1) is 13.5. The molecule has 0 saturated carbocycles. The van der Waals surface area contributed by atoms with Crippen LogP contribution < -0.4 is 0 Å². The van der Waals surface area contributed by atoms with Gasteiger partial charge in [0.1, 0.15) is 5.69 Å². The smallest absolute Gasteiger partial charge is 0.159 e. The maximum atomic E-state index is 4.75. The van der Waals surface area contributed by atoms with Gasteiger partial charge in [-0.1, -0.05) is 6.92 Å². The number of hydrogen-bond acceptors (Lipinski definition) is 3. The summed E-state index contributed by atoms with van der Waals surface area (Å²) < 4.78 is 0. The number of likely N-dealkylation sites (N-methyl/N-ethyl adjacent to an activating group) is 1. The fourth-order valence-corrected chi connectivity index (χ4v) is 3.22. The van der Waals surface area contributed by atoms with Crippen LogP contribution in [0.5, 0.6) is 0 Å². The van der Waals surface area contributed by atoms with E-state index in [2.05, 4.69) is 53.0 Å². The first-order valence-electron chi connectivity index (χ1n) is 7.91. The number of imidazole rings is 1. The number of nitrogens with zero attached hydrogens (tertiary/aromatic N) is 3. The van der Waals surface area contributed by atoms with Crippen molar-refractivity contribution in [3.63, 3.8) is 0 Å². The molecule has 3 aromatic rings. The van der Waals surface area contributed by atoms with Gasteiger partial charge in [0.25, 0.3) is 0 Å². The average Bonchev–Trinajstić information content (AvgIpc) is 3.10. The lowest BCUT2D eigenvalue weighted by atomic mass is 10.0. The van der Waals surface area contributed by atoms with Gasteiger partial charge in [-0.2, -0.15) is 5.10 Å². The minimum atomic E-state index is 0.877. The molecule has 0 amide bonds. The zero-order chi connectivity index (χ0) is 15.3. The lowest BCUT2D eigenvalue weighted by molar-refractivity contribution is 0.265. The van der Waals surface area contributed by atoms with Gasteiger partial charge in [-0.3, -0.25) is 10.00 Å². The number of aryl methyl sites for hydroxylation is 2. The maximum absolute atomic E-state index is 4.75. The molecule has 0 unspecified atom stereocenters. The molecule has 5 heteroatoms. The Morgan fingerprint density at radius 3 is 2.86 bits per heavy atom. The number of aromatic nitrogens is 4. The van der Waals surface area contributed by atoms with Gasteiger partial charge in [0, 0.05) is 18.7 Å². The van der Waals surface area contributed by atoms with Crippen LogP contribution in [-0.2, 0) is 13.0 Å². The summed E-state index contributed by atoms with van der Waals surface area (Å²) in [4.78, 5) is 10.6. The van der Waals surface area contributed by atoms with Gasteiger partial charge >= 0.3 is 0 Å². The molecule has 114 valence electrons. The number of nitrogens with one attached hydrogen (secondary N) is 2. The van der Waals surface area contributed by atoms with Gasteiger partial charge < -0.3 is 4.98 Å². The Morgan fingerprint density at radius 2 is 2.05 bits per heavy atom. The van der Waals surface area contributed by atoms with E-state index in [1.807, 2.05) is 0 Å². The SMILES string of the molecule is CCN1CCc2c(-c3nc4cc(C)c(C)cc4[nH]3)n[nH]c2C1. The molecule has 1 aliphatic rings. The van der Waals surface area contributed by atoms with Crippen molar-refractivity contribution in [2.45, 2.75) is 33.7 Å². The first-order valence-corrected chi connectivity index (χ1v) is 7.91. The van der Waals surface area contributed by atoms with Crippen molar-refractivity contribution < 1.29 is 0 Å². The molecule has 5 nitrogen and oxygen atoms in total. The second kappa shape index (κ2) is 4.95. The number of H-pyrrole nitrogens is 2. The second-order valence-electron chi connectivity index (χ2n) is 6.19. The standard InChI is InChI=1S/C17H21N5/c1-4-22-6-5-12-15(9-22)20-21-16(12)17-18-13-7-10(2)11(3)8-14(13)19-17/h7-8H,4-6,9H2,1-3H3,(H,18,19)(H,20,21). The predicted molar refractivity (Wildman–Crippen MR) is 87.8 cm³/mol. The van der Waals surface area contributed by atoms with Crippen LogP contribution in [0.4, 0.5) is 0 Å². The molecule has 3 heterocycles. The summed E-state index contributed by atoms with van der Waals surface area (Å²) in [6.45, 7) is 9.58. The highest BCUT2D eigenvalue weighted by Gasteiger charge is 2.23. The van der Waals surface area contributed by atoms with Crippen molar-refractivity contribution in [2.24, 2.45) is 0 Å². The summed E-state index contributed by atoms with van der Waals surface area (Å²) in [5, 5.41) is 7.74. The van der Waals surface area contributed by atoms with Gasteiger partial charge in [-0.05, 0) is 50.1 Å². The van der Waals surface area contributed by atoms with E-state index in [1.165, 1.54) is 22.4 Å². The molecule has 0 fully saturated rings. The minimum absolute atomic E-state index is 0.877. The van der Waals surface area contributed by atoms with Gasteiger partial charge in [0.15, 0.2) is 5.82 Å². The summed E-state index contributed by atoms with van der Waals surface area (Å²) in [6, 6.07) is 4.31. The highest BCUT2D eigenvalue weighted by Crippen LogP contribution is 2.28. The van der Waals surface area contributed by atoms with Crippen LogP contribution in [0.15, 0.2) is 12.1 Å². The third-order valence-corrected chi connectivity index (χ3v) is 4.78. The topological polar surface area (TPSA) is 60.6 Å². The number of hydrogen-bond donors (Lipinski definition) is 2. The summed E-state index contributed by atoms with van der Waals surface area (Å²) >= 11 is 0. The van der Waals surface area contributed by atoms with E-state index in [-0.39, 0.29) is 0 Å². The van der Waals surface area contributed by atoms with Crippen LogP contribution in [-0.4, -0.2) is 38.2 Å². The lowest BCUT2D eigenvalue weighted by Gasteiger charge is -2.24. The molecule has 0 aliphatic carbocycles. The van der Waals surface area contributed by atoms with E-state index >= 15 is 0 Å². The first-order chi connectivity index (χ1) is 10.7. The molecule has 2 aromatic heterocycles. The number of rotatable bonds is 2. The summed E-state index contributed by atoms with van der Waals surface area (Å²) in [5.74, 6) is 0.877. The van der Waals surface area contributed by atoms with Crippen LogP contribution in [0.25, 0.3) is 22.6 Å². The molecular weight excluding hydrogens is 274 g/mol. The average molecular weight is 295 g/mol. The molecule has 0 atom stereocenters. The Labute approximate surface area is 129 Å². The number of fused-ring (bicyclic) bond motifs is 2. The normalized spacial score (nSPS) is 15.4. The quantitative estimate of drug-likeness (QED) is 0.764. The molecule has 4 rings (SSSR count). The van der Waals surface area contributed by atoms with E-state index in [0.717, 1.165) is 48.6 Å². The molecule has 22 heavy (non-hydrogen) atoms. The fourth-order valence-electron chi connectivity index (χ4n) is 3.22. The van der Waals surface area contributed by atoms with Crippen LogP contribution in [0.1, 0.15) is 29.3 Å². The molecule has 2 N–H and O–H groups in total. The van der Waals surface area contributed by atoms with Crippen LogP contribution >= 0.6 is 0 Å². The maximum Gasteiger partial charge on any atom is 0.159 e. The van der Waals surface area contributed by atoms with Crippen molar-refractivity contribution in [3.8, 4) is 11.5 Å². The fraction of sp³-hybridized carbons (Fsp3) is 0.412. The minimum Gasteiger partial charge on any atom is -0.337 e. The van der Waals surface area contributed by atoms with Crippen molar-refractivity contribution >= 4 is 11.0 Å². The second-order valence-corrected chi connectivity index (χ2v) is 6.19. The molecule has 1 aliphatic heterocycles. The zero-order valence-electron chi connectivity index (χ0n) is 13.3. The zero-order valence-corrected chi connectivity index (χ0v) is 13.3. The highest BCUT2D eigenvalue weighted by atomic mass is 15.2. The Hall–Kier alpha value is -2.14. The lowest BCUT2D eigenvalue weighted by Crippen LogP contribution is -2.30. The van der Waals surface area contributed by atoms with Gasteiger partial charge in [-0.25, -0.2) is 4.98 Å². The van der Waals surface area contributed by atoms with Gasteiger partial charge in [0.2, 0.25) is 0 Å². The van der Waals surface area contributed by atoms with E-state index in [0.29, 0.717) is 0 Å². The predicted octanol–water partition coefficient (Wildman–Crippen LogP) is 2.95. The number of aromatic amines is 2. The van der Waals surface area contributed by atoms with Crippen molar-refractivity contribution in [1.82, 2.24) is 25.1 Å². The van der Waals surface area contributed by atoms with Crippen molar-refractivity contribution in [2.75, 3.05) is 13.1 Å². The van der Waals surface area contributed by atoms with Crippen LogP contribution in [0, 0.1) is 13.8 Å².